The lowest BCUT2D eigenvalue weighted by Gasteiger charge is -2.16. The van der Waals surface area contributed by atoms with E-state index in [4.69, 9.17) is 4.74 Å². The van der Waals surface area contributed by atoms with Gasteiger partial charge in [-0.3, -0.25) is 0 Å². The Balaban J connectivity index is 0.00000324. The van der Waals surface area contributed by atoms with Gasteiger partial charge in [-0.2, -0.15) is 0 Å². The summed E-state index contributed by atoms with van der Waals surface area (Å²) in [6, 6.07) is 2.33. The maximum atomic E-state index is 5.10. The van der Waals surface area contributed by atoms with Crippen molar-refractivity contribution in [2.75, 3.05) is 20.3 Å². The smallest absolute Gasteiger partial charge is 0.191 e. The second-order valence-electron chi connectivity index (χ2n) is 3.93. The first kappa shape index (κ1) is 19.1. The van der Waals surface area contributed by atoms with Gasteiger partial charge < -0.3 is 15.4 Å². The first-order valence-electron chi connectivity index (χ1n) is 5.92. The Morgan fingerprint density at radius 3 is 2.84 bits per heavy atom. The molecule has 1 aromatic heterocycles. The van der Waals surface area contributed by atoms with Crippen molar-refractivity contribution >= 4 is 57.2 Å². The van der Waals surface area contributed by atoms with Crippen molar-refractivity contribution in [3.63, 3.8) is 0 Å². The van der Waals surface area contributed by atoms with Crippen LogP contribution in [0.5, 0.6) is 0 Å². The lowest BCUT2D eigenvalue weighted by molar-refractivity contribution is 0.179. The third-order valence-electron chi connectivity index (χ3n) is 2.16. The third-order valence-corrected chi connectivity index (χ3v) is 3.84. The van der Waals surface area contributed by atoms with Gasteiger partial charge in [0.05, 0.1) is 13.2 Å². The molecule has 1 unspecified atom stereocenters. The second kappa shape index (κ2) is 10.9. The van der Waals surface area contributed by atoms with E-state index in [0.717, 1.165) is 17.0 Å². The lowest BCUT2D eigenvalue weighted by Crippen LogP contribution is -2.43. The number of rotatable bonds is 6. The first-order valence-corrected chi connectivity index (χ1v) is 7.59. The van der Waals surface area contributed by atoms with Crippen molar-refractivity contribution in [1.29, 1.82) is 0 Å². The Morgan fingerprint density at radius 2 is 2.32 bits per heavy atom. The van der Waals surface area contributed by atoms with Crippen LogP contribution in [0.4, 0.5) is 0 Å². The predicted octanol–water partition coefficient (Wildman–Crippen LogP) is 3.22. The normalized spacial score (nSPS) is 12.7. The summed E-state index contributed by atoms with van der Waals surface area (Å²) < 4.78 is 6.21. The van der Waals surface area contributed by atoms with Gasteiger partial charge in [-0.05, 0) is 35.8 Å². The summed E-state index contributed by atoms with van der Waals surface area (Å²) in [6.07, 6.45) is 0. The zero-order valence-corrected chi connectivity index (χ0v) is 16.1. The van der Waals surface area contributed by atoms with E-state index in [-0.39, 0.29) is 30.0 Å². The minimum Gasteiger partial charge on any atom is -0.383 e. The Hall–Kier alpha value is 0.140. The van der Waals surface area contributed by atoms with Crippen molar-refractivity contribution in [3.05, 3.63) is 20.8 Å². The van der Waals surface area contributed by atoms with Crippen molar-refractivity contribution in [2.24, 2.45) is 4.99 Å². The average molecular weight is 462 g/mol. The Bertz CT molecular complexity index is 387. The minimum atomic E-state index is 0. The minimum absolute atomic E-state index is 0. The van der Waals surface area contributed by atoms with Crippen LogP contribution in [0.2, 0.25) is 0 Å². The zero-order chi connectivity index (χ0) is 13.4. The van der Waals surface area contributed by atoms with Gasteiger partial charge in [0.15, 0.2) is 5.96 Å². The number of halogens is 2. The molecule has 0 fully saturated rings. The molecule has 110 valence electrons. The number of hydrogen-bond acceptors (Lipinski definition) is 3. The number of nitrogens with one attached hydrogen (secondary N) is 2. The van der Waals surface area contributed by atoms with Gasteiger partial charge in [0.2, 0.25) is 0 Å². The molecule has 0 spiro atoms. The number of aliphatic imine (C=N–C) groups is 1. The van der Waals surface area contributed by atoms with Gasteiger partial charge >= 0.3 is 0 Å². The molecule has 0 amide bonds. The quantitative estimate of drug-likeness (QED) is 0.388. The van der Waals surface area contributed by atoms with Gasteiger partial charge in [0.1, 0.15) is 0 Å². The zero-order valence-electron chi connectivity index (χ0n) is 11.4. The van der Waals surface area contributed by atoms with Crippen LogP contribution in [0.15, 0.2) is 20.9 Å². The largest absolute Gasteiger partial charge is 0.383 e. The summed E-state index contributed by atoms with van der Waals surface area (Å²) in [5.41, 5.74) is 0. The summed E-state index contributed by atoms with van der Waals surface area (Å²) in [4.78, 5) is 5.78. The van der Waals surface area contributed by atoms with Gasteiger partial charge in [0, 0.05) is 34.4 Å². The highest BCUT2D eigenvalue weighted by atomic mass is 127. The van der Waals surface area contributed by atoms with Crippen molar-refractivity contribution in [3.8, 4) is 0 Å². The van der Waals surface area contributed by atoms with Crippen LogP contribution in [0.25, 0.3) is 0 Å². The third kappa shape index (κ3) is 8.11. The molecule has 0 bridgehead atoms. The number of guanidine groups is 1. The molecule has 0 saturated heterocycles. The standard InChI is InChI=1S/C12H20BrN3OS.HI/c1-4-14-12(16-9(2)7-17-3)15-6-11-5-10(13)8-18-11;/h5,8-9H,4,6-7H2,1-3H3,(H2,14,15,16);1H. The maximum absolute atomic E-state index is 5.10. The van der Waals surface area contributed by atoms with Crippen LogP contribution in [-0.4, -0.2) is 32.3 Å². The highest BCUT2D eigenvalue weighted by Gasteiger charge is 2.04. The monoisotopic (exact) mass is 461 g/mol. The van der Waals surface area contributed by atoms with Crippen LogP contribution in [0.3, 0.4) is 0 Å². The summed E-state index contributed by atoms with van der Waals surface area (Å²) in [7, 11) is 1.70. The van der Waals surface area contributed by atoms with E-state index in [2.05, 4.69) is 56.8 Å². The SMILES string of the molecule is CCNC(=NCc1cc(Br)cs1)NC(C)COC.I. The highest BCUT2D eigenvalue weighted by molar-refractivity contribution is 14.0. The predicted molar refractivity (Wildman–Crippen MR) is 96.7 cm³/mol. The fourth-order valence-corrected chi connectivity index (χ4v) is 2.81. The number of nitrogens with zero attached hydrogens (tertiary/aromatic N) is 1. The van der Waals surface area contributed by atoms with E-state index in [1.807, 2.05) is 0 Å². The van der Waals surface area contributed by atoms with Gasteiger partial charge in [-0.1, -0.05) is 0 Å². The van der Waals surface area contributed by atoms with Crippen molar-refractivity contribution < 1.29 is 4.74 Å². The van der Waals surface area contributed by atoms with Gasteiger partial charge in [0.25, 0.3) is 0 Å². The van der Waals surface area contributed by atoms with Crippen LogP contribution < -0.4 is 10.6 Å². The maximum Gasteiger partial charge on any atom is 0.191 e. The molecular weight excluding hydrogens is 441 g/mol. The molecule has 1 atom stereocenters. The molecule has 0 radical (unpaired) electrons. The second-order valence-corrected chi connectivity index (χ2v) is 5.84. The first-order chi connectivity index (χ1) is 8.65. The molecule has 1 heterocycles. The molecule has 0 aromatic carbocycles. The van der Waals surface area contributed by atoms with E-state index in [9.17, 15) is 0 Å². The van der Waals surface area contributed by atoms with E-state index in [1.54, 1.807) is 18.4 Å². The number of methoxy groups -OCH3 is 1. The van der Waals surface area contributed by atoms with E-state index in [1.165, 1.54) is 4.88 Å². The number of thiophene rings is 1. The summed E-state index contributed by atoms with van der Waals surface area (Å²) in [5, 5.41) is 8.60. The van der Waals surface area contributed by atoms with E-state index in [0.29, 0.717) is 13.2 Å². The molecule has 1 aromatic rings. The molecule has 0 aliphatic rings. The van der Waals surface area contributed by atoms with Crippen LogP contribution >= 0.6 is 51.2 Å². The van der Waals surface area contributed by atoms with Crippen LogP contribution in [-0.2, 0) is 11.3 Å². The van der Waals surface area contributed by atoms with E-state index >= 15 is 0 Å². The molecule has 0 saturated carbocycles. The number of hydrogen-bond donors (Lipinski definition) is 2. The molecule has 4 nitrogen and oxygen atoms in total. The van der Waals surface area contributed by atoms with Gasteiger partial charge in [-0.15, -0.1) is 35.3 Å². The molecule has 2 N–H and O–H groups in total. The fourth-order valence-electron chi connectivity index (χ4n) is 1.44. The topological polar surface area (TPSA) is 45.7 Å². The highest BCUT2D eigenvalue weighted by Crippen LogP contribution is 2.20. The molecule has 0 aliphatic carbocycles. The molecular formula is C12H21BrIN3OS. The van der Waals surface area contributed by atoms with Gasteiger partial charge in [-0.25, -0.2) is 4.99 Å². The molecule has 7 heteroatoms. The lowest BCUT2D eigenvalue weighted by atomic mass is 10.4. The summed E-state index contributed by atoms with van der Waals surface area (Å²) in [5.74, 6) is 0.826. The Kier molecular flexibility index (Phi) is 11.0. The Labute approximate surface area is 144 Å². The molecule has 1 rings (SSSR count). The van der Waals surface area contributed by atoms with Crippen LogP contribution in [0.1, 0.15) is 18.7 Å². The summed E-state index contributed by atoms with van der Waals surface area (Å²) in [6.45, 7) is 6.32. The van der Waals surface area contributed by atoms with Crippen molar-refractivity contribution in [2.45, 2.75) is 26.4 Å². The van der Waals surface area contributed by atoms with E-state index < -0.39 is 0 Å². The Morgan fingerprint density at radius 1 is 1.58 bits per heavy atom. The fraction of sp³-hybridized carbons (Fsp3) is 0.583. The number of ether oxygens (including phenoxy) is 1. The molecule has 19 heavy (non-hydrogen) atoms. The molecule has 0 aliphatic heterocycles. The van der Waals surface area contributed by atoms with Crippen molar-refractivity contribution in [1.82, 2.24) is 10.6 Å². The summed E-state index contributed by atoms with van der Waals surface area (Å²) >= 11 is 5.15. The van der Waals surface area contributed by atoms with Crippen LogP contribution in [0, 0.1) is 0 Å². The average Bonchev–Trinajstić information content (AvgIpc) is 2.73.